The Morgan fingerprint density at radius 1 is 0.400 bits per heavy atom. The quantitative estimate of drug-likeness (QED) is 0.0720. The van der Waals surface area contributed by atoms with E-state index < -0.39 is 28.4 Å². The van der Waals surface area contributed by atoms with Crippen molar-refractivity contribution >= 4 is 66.7 Å². The molecule has 268 valence electrons. The van der Waals surface area contributed by atoms with Gasteiger partial charge in [0, 0.05) is 0 Å². The third-order valence-corrected chi connectivity index (χ3v) is 11.5. The average molecular weight is 932 g/mol. The predicted molar refractivity (Wildman–Crippen MR) is 210 cm³/mol. The van der Waals surface area contributed by atoms with Gasteiger partial charge in [0.25, 0.3) is 0 Å². The molecule has 0 atom stereocenters. The Balaban J connectivity index is 0.000000382. The van der Waals surface area contributed by atoms with E-state index in [1.165, 1.54) is 45.7 Å². The largest absolute Gasteiger partial charge is 0.173 e. The molecule has 0 aliphatic rings. The molecular weight excluding hydrogens is 890 g/mol. The maximum absolute atomic E-state index is 7.61. The molecule has 0 aliphatic heterocycles. The van der Waals surface area contributed by atoms with Crippen LogP contribution in [0.25, 0.3) is 0 Å². The zero-order valence-electron chi connectivity index (χ0n) is 27.5. The van der Waals surface area contributed by atoms with Crippen molar-refractivity contribution in [3.8, 4) is 0 Å². The zero-order chi connectivity index (χ0) is 37.0. The number of aliphatic hydroxyl groups excluding tert-OH is 2. The van der Waals surface area contributed by atoms with E-state index in [1.54, 1.807) is 0 Å². The monoisotopic (exact) mass is 930 g/mol. The van der Waals surface area contributed by atoms with Gasteiger partial charge in [0.15, 0.2) is 0 Å². The molecule has 6 aromatic carbocycles. The van der Waals surface area contributed by atoms with Crippen molar-refractivity contribution in [2.45, 2.75) is 26.4 Å². The van der Waals surface area contributed by atoms with Gasteiger partial charge < -0.3 is 20.4 Å². The van der Waals surface area contributed by atoms with Crippen molar-refractivity contribution in [1.29, 1.82) is 0 Å². The van der Waals surface area contributed by atoms with Crippen LogP contribution in [-0.2, 0) is 36.4 Å². The Morgan fingerprint density at radius 3 is 0.780 bits per heavy atom. The minimum absolute atomic E-state index is 0.933. The summed E-state index contributed by atoms with van der Waals surface area (Å²) in [6.45, 7) is 2.56. The van der Waals surface area contributed by atoms with Gasteiger partial charge in [-0.1, -0.05) is 72.8 Å². The van der Waals surface area contributed by atoms with Crippen molar-refractivity contribution in [2.24, 2.45) is 0 Å². The van der Waals surface area contributed by atoms with Crippen LogP contribution in [-0.4, -0.2) is 33.0 Å². The van der Waals surface area contributed by atoms with Crippen LogP contribution in [0, 0.1) is 12.1 Å². The van der Waals surface area contributed by atoms with E-state index in [2.05, 4.69) is 213 Å². The molecule has 0 amide bonds. The molecule has 4 N–H and O–H groups in total. The summed E-state index contributed by atoms with van der Waals surface area (Å²) >= 11 is 4.44. The molecule has 6 aromatic rings. The van der Waals surface area contributed by atoms with Crippen LogP contribution in [0.3, 0.4) is 0 Å². The number of benzene rings is 6. The van der Waals surface area contributed by atoms with Gasteiger partial charge >= 0.3 is 55.4 Å². The van der Waals surface area contributed by atoms with Crippen LogP contribution >= 0.6 is 34.9 Å². The standard InChI is InChI=1S/2C18H14P.2C2H6O2.2ClH.2Pd/c2*1-4-10-16(11-5-1)19(17-12-6-2-7-13-17)18-14-8-3-9-15-18;2*1-2(3)4;;;;/h2*1-14H;2*2-4H,1H3;2*1H;;/q2*-1;;;;;2*+2. The topological polar surface area (TPSA) is 80.9 Å². The first-order valence-corrected chi connectivity index (χ1v) is 22.2. The molecule has 0 aliphatic carbocycles. The molecule has 0 saturated heterocycles. The zero-order valence-corrected chi connectivity index (χ0v) is 34.1. The molecular formula is C40H42Cl2O4P2Pd2+2. The molecule has 0 aromatic heterocycles. The van der Waals surface area contributed by atoms with Gasteiger partial charge in [0.2, 0.25) is 0 Å². The number of hydrogen-bond acceptors (Lipinski definition) is 4. The molecule has 6 rings (SSSR count). The van der Waals surface area contributed by atoms with Gasteiger partial charge in [0.1, 0.15) is 12.6 Å². The number of hydrogen-bond donors (Lipinski definition) is 4. The smallest absolute Gasteiger partial charge is 0.0996 e. The summed E-state index contributed by atoms with van der Waals surface area (Å²) in [5.74, 6) is 0. The van der Waals surface area contributed by atoms with E-state index >= 15 is 0 Å². The van der Waals surface area contributed by atoms with E-state index in [1.807, 2.05) is 24.3 Å². The molecule has 4 nitrogen and oxygen atoms in total. The van der Waals surface area contributed by atoms with Crippen molar-refractivity contribution in [2.75, 3.05) is 0 Å². The van der Waals surface area contributed by atoms with E-state index in [0.717, 1.165) is 0 Å². The SMILES string of the molecule is CC(O)O.CC(O)O.[Cl][Pd+].[Cl][Pd+].[c-]1ccccc1[PH+](c1ccccc1)c1ccccc1.[c-]1ccccc1[PH+](c1ccccc1)c1ccccc1. The second-order valence-electron chi connectivity index (χ2n) is 10.0. The fourth-order valence-electron chi connectivity index (χ4n) is 4.47. The summed E-state index contributed by atoms with van der Waals surface area (Å²) in [4.78, 5) is 0. The first-order valence-electron chi connectivity index (χ1n) is 15.2. The molecule has 10 heteroatoms. The Bertz CT molecular complexity index is 1290. The molecule has 0 unspecified atom stereocenters. The summed E-state index contributed by atoms with van der Waals surface area (Å²) in [6, 6.07) is 66.5. The number of aliphatic hydroxyl groups is 4. The average Bonchev–Trinajstić information content (AvgIpc) is 3.16. The van der Waals surface area contributed by atoms with Gasteiger partial charge in [-0.2, -0.15) is 36.4 Å². The van der Waals surface area contributed by atoms with E-state index in [9.17, 15) is 0 Å². The molecule has 50 heavy (non-hydrogen) atoms. The first-order chi connectivity index (χ1) is 24.4. The van der Waals surface area contributed by atoms with Crippen LogP contribution in [0.4, 0.5) is 0 Å². The summed E-state index contributed by atoms with van der Waals surface area (Å²) in [5.41, 5.74) is 0. The maximum atomic E-state index is 7.61. The van der Waals surface area contributed by atoms with Gasteiger partial charge in [-0.3, -0.25) is 0 Å². The predicted octanol–water partition coefficient (Wildman–Crippen LogP) is 5.96. The summed E-state index contributed by atoms with van der Waals surface area (Å²) in [5, 5.41) is 38.7. The third kappa shape index (κ3) is 19.0. The fraction of sp³-hybridized carbons (Fsp3) is 0.100. The van der Waals surface area contributed by atoms with Crippen LogP contribution < -0.4 is 31.8 Å². The van der Waals surface area contributed by atoms with Crippen molar-refractivity contribution in [1.82, 2.24) is 0 Å². The molecule has 0 fully saturated rings. The van der Waals surface area contributed by atoms with Crippen molar-refractivity contribution < 1.29 is 56.8 Å². The van der Waals surface area contributed by atoms with Crippen LogP contribution in [0.15, 0.2) is 170 Å². The van der Waals surface area contributed by atoms with Crippen molar-refractivity contribution in [3.63, 3.8) is 0 Å². The molecule has 0 saturated carbocycles. The van der Waals surface area contributed by atoms with Crippen LogP contribution in [0.2, 0.25) is 0 Å². The number of rotatable bonds is 6. The second kappa shape index (κ2) is 29.5. The van der Waals surface area contributed by atoms with E-state index in [0.29, 0.717) is 0 Å². The Morgan fingerprint density at radius 2 is 0.600 bits per heavy atom. The minimum Gasteiger partial charge on any atom is -0.173 e. The maximum Gasteiger partial charge on any atom is 0.0996 e. The molecule has 0 spiro atoms. The number of halogens is 2. The van der Waals surface area contributed by atoms with Crippen LogP contribution in [0.5, 0.6) is 0 Å². The van der Waals surface area contributed by atoms with Gasteiger partial charge in [-0.05, 0) is 73.0 Å². The Hall–Kier alpha value is -2.08. The third-order valence-electron chi connectivity index (χ3n) is 6.21. The van der Waals surface area contributed by atoms with E-state index in [-0.39, 0.29) is 0 Å². The van der Waals surface area contributed by atoms with Gasteiger partial charge in [-0.15, -0.1) is 24.3 Å². The second-order valence-corrected chi connectivity index (χ2v) is 14.9. The van der Waals surface area contributed by atoms with Crippen molar-refractivity contribution in [3.05, 3.63) is 182 Å². The normalized spacial score (nSPS) is 9.76. The van der Waals surface area contributed by atoms with Gasteiger partial charge in [-0.25, -0.2) is 0 Å². The first kappa shape index (κ1) is 45.9. The molecule has 0 bridgehead atoms. The van der Waals surface area contributed by atoms with Crippen LogP contribution in [0.1, 0.15) is 13.8 Å². The molecule has 0 radical (unpaired) electrons. The molecule has 0 heterocycles. The summed E-state index contributed by atoms with van der Waals surface area (Å²) in [7, 11) is 7.11. The Kier molecular flexibility index (Phi) is 27.1. The minimum atomic E-state index is -1.17. The van der Waals surface area contributed by atoms with E-state index in [4.69, 9.17) is 20.4 Å². The fourth-order valence-corrected chi connectivity index (χ4v) is 9.47. The Labute approximate surface area is 329 Å². The van der Waals surface area contributed by atoms with Gasteiger partial charge in [0.05, 0.1) is 37.1 Å². The summed E-state index contributed by atoms with van der Waals surface area (Å²) < 4.78 is 0. The summed E-state index contributed by atoms with van der Waals surface area (Å²) in [6.07, 6.45) is -2.33.